The number of nitrogens with zero attached hydrogens (tertiary/aromatic N) is 1. The Kier molecular flexibility index (Phi) is 8.36. The van der Waals surface area contributed by atoms with Crippen LogP contribution in [0.2, 0.25) is 0 Å². The van der Waals surface area contributed by atoms with Gasteiger partial charge in [0.1, 0.15) is 0 Å². The smallest absolute Gasteiger partial charge is 0.230 e. The van der Waals surface area contributed by atoms with E-state index in [-0.39, 0.29) is 5.11 Å². The van der Waals surface area contributed by atoms with Crippen LogP contribution in [0.1, 0.15) is 18.1 Å². The summed E-state index contributed by atoms with van der Waals surface area (Å²) in [5.41, 5.74) is 7.49. The number of hydrogen-bond donors (Lipinski definition) is 3. The van der Waals surface area contributed by atoms with Crippen molar-refractivity contribution in [2.75, 3.05) is 13.7 Å². The molecule has 0 bridgehead atoms. The van der Waals surface area contributed by atoms with Gasteiger partial charge in [0.25, 0.3) is 0 Å². The Morgan fingerprint density at radius 3 is 2.39 bits per heavy atom. The lowest BCUT2D eigenvalue weighted by Gasteiger charge is -2.24. The van der Waals surface area contributed by atoms with Gasteiger partial charge in [-0.2, -0.15) is 0 Å². The van der Waals surface area contributed by atoms with Crippen LogP contribution in [0.15, 0.2) is 29.3 Å². The quantitative estimate of drug-likeness (QED) is 0.234. The van der Waals surface area contributed by atoms with Crippen molar-refractivity contribution in [3.63, 3.8) is 0 Å². The third kappa shape index (κ3) is 7.10. The van der Waals surface area contributed by atoms with Gasteiger partial charge in [-0.25, -0.2) is 10.4 Å². The zero-order valence-corrected chi connectivity index (χ0v) is 16.1. The largest absolute Gasteiger partial charge is 0.481 e. The van der Waals surface area contributed by atoms with Crippen molar-refractivity contribution in [3.8, 4) is 0 Å². The number of hydrazine groups is 1. The van der Waals surface area contributed by atoms with Crippen molar-refractivity contribution in [3.05, 3.63) is 35.4 Å². The highest BCUT2D eigenvalue weighted by Gasteiger charge is 2.34. The first kappa shape index (κ1) is 20.3. The number of methoxy groups -OCH3 is 1. The normalized spacial score (nSPS) is 13.4. The second-order valence-corrected chi connectivity index (χ2v) is 7.35. The molecule has 0 heterocycles. The molecule has 0 radical (unpaired) electrons. The van der Waals surface area contributed by atoms with E-state index in [1.165, 1.54) is 7.11 Å². The number of benzene rings is 1. The molecule has 0 fully saturated rings. The van der Waals surface area contributed by atoms with E-state index in [0.29, 0.717) is 12.4 Å². The third-order valence-corrected chi connectivity index (χ3v) is 3.53. The number of halogens is 3. The SMILES string of the molecule is CCNNC(=S)NC(N=C(OC)c1ccc(C)cc1)C(Cl)(Cl)Cl. The Morgan fingerprint density at radius 1 is 1.30 bits per heavy atom. The Bertz CT molecular complexity index is 546. The van der Waals surface area contributed by atoms with Crippen LogP contribution in [0.3, 0.4) is 0 Å². The Labute approximate surface area is 156 Å². The number of rotatable bonds is 5. The molecule has 0 aliphatic carbocycles. The zero-order chi connectivity index (χ0) is 17.5. The van der Waals surface area contributed by atoms with E-state index in [1.807, 2.05) is 38.1 Å². The summed E-state index contributed by atoms with van der Waals surface area (Å²) in [6.07, 6.45) is -0.928. The predicted octanol–water partition coefficient (Wildman–Crippen LogP) is 3.07. The lowest BCUT2D eigenvalue weighted by Crippen LogP contribution is -2.51. The van der Waals surface area contributed by atoms with E-state index in [1.54, 1.807) is 0 Å². The molecule has 0 aromatic heterocycles. The summed E-state index contributed by atoms with van der Waals surface area (Å²) in [6, 6.07) is 7.64. The van der Waals surface area contributed by atoms with Gasteiger partial charge in [-0.15, -0.1) is 0 Å². The maximum absolute atomic E-state index is 5.99. The van der Waals surface area contributed by atoms with Gasteiger partial charge in [0.2, 0.25) is 9.69 Å². The van der Waals surface area contributed by atoms with Gasteiger partial charge in [-0.05, 0) is 31.3 Å². The Morgan fingerprint density at radius 2 is 1.91 bits per heavy atom. The highest BCUT2D eigenvalue weighted by Crippen LogP contribution is 2.31. The van der Waals surface area contributed by atoms with E-state index in [9.17, 15) is 0 Å². The molecule has 23 heavy (non-hydrogen) atoms. The number of alkyl halides is 3. The van der Waals surface area contributed by atoms with Gasteiger partial charge < -0.3 is 10.1 Å². The standard InChI is InChI=1S/C14H19Cl3N4OS/c1-4-18-21-13(23)20-12(14(15,16)17)19-11(22-3)10-7-5-9(2)6-8-10/h5-8,12,18H,4H2,1-3H3,(H2,20,21,23). The highest BCUT2D eigenvalue weighted by atomic mass is 35.6. The van der Waals surface area contributed by atoms with Gasteiger partial charge in [0.05, 0.1) is 7.11 Å². The molecular weight excluding hydrogens is 379 g/mol. The van der Waals surface area contributed by atoms with Crippen LogP contribution in [-0.4, -0.2) is 34.6 Å². The molecule has 1 aromatic carbocycles. The molecule has 0 amide bonds. The second-order valence-electron chi connectivity index (χ2n) is 4.58. The van der Waals surface area contributed by atoms with E-state index >= 15 is 0 Å². The van der Waals surface area contributed by atoms with Crippen LogP contribution in [0.5, 0.6) is 0 Å². The monoisotopic (exact) mass is 396 g/mol. The van der Waals surface area contributed by atoms with Crippen LogP contribution >= 0.6 is 47.0 Å². The molecule has 5 nitrogen and oxygen atoms in total. The molecule has 0 saturated heterocycles. The highest BCUT2D eigenvalue weighted by molar-refractivity contribution is 7.80. The molecular formula is C14H19Cl3N4OS. The predicted molar refractivity (Wildman–Crippen MR) is 101 cm³/mol. The van der Waals surface area contributed by atoms with Crippen LogP contribution in [0.4, 0.5) is 0 Å². The van der Waals surface area contributed by atoms with Crippen molar-refractivity contribution >= 4 is 58.0 Å². The van der Waals surface area contributed by atoms with Gasteiger partial charge in [-0.3, -0.25) is 5.43 Å². The average Bonchev–Trinajstić information content (AvgIpc) is 2.49. The number of ether oxygens (including phenoxy) is 1. The molecule has 9 heteroatoms. The average molecular weight is 398 g/mol. The first-order valence-corrected chi connectivity index (χ1v) is 8.37. The fraction of sp³-hybridized carbons (Fsp3) is 0.429. The molecule has 1 unspecified atom stereocenters. The van der Waals surface area contributed by atoms with E-state index in [0.717, 1.165) is 11.1 Å². The van der Waals surface area contributed by atoms with Crippen molar-refractivity contribution in [2.24, 2.45) is 4.99 Å². The lowest BCUT2D eigenvalue weighted by atomic mass is 10.1. The van der Waals surface area contributed by atoms with Crippen LogP contribution in [0, 0.1) is 6.92 Å². The summed E-state index contributed by atoms with van der Waals surface area (Å²) in [7, 11) is 1.50. The summed E-state index contributed by atoms with van der Waals surface area (Å²) < 4.78 is 3.60. The summed E-state index contributed by atoms with van der Waals surface area (Å²) in [6.45, 7) is 4.58. The maximum atomic E-state index is 5.99. The van der Waals surface area contributed by atoms with Crippen molar-refractivity contribution in [1.82, 2.24) is 16.2 Å². The number of nitrogens with one attached hydrogen (secondary N) is 3. The minimum Gasteiger partial charge on any atom is -0.481 e. The molecule has 3 N–H and O–H groups in total. The van der Waals surface area contributed by atoms with Gasteiger partial charge in [0, 0.05) is 12.1 Å². The fourth-order valence-electron chi connectivity index (χ4n) is 1.57. The number of thiocarbonyl (C=S) groups is 1. The first-order chi connectivity index (χ1) is 10.8. The van der Waals surface area contributed by atoms with E-state index in [4.69, 9.17) is 51.8 Å². The minimum atomic E-state index is -1.72. The maximum Gasteiger partial charge on any atom is 0.230 e. The third-order valence-electron chi connectivity index (χ3n) is 2.69. The minimum absolute atomic E-state index is 0.256. The Hall–Kier alpha value is -0.790. The van der Waals surface area contributed by atoms with Crippen molar-refractivity contribution in [1.29, 1.82) is 0 Å². The van der Waals surface area contributed by atoms with Crippen LogP contribution < -0.4 is 16.2 Å². The Balaban J connectivity index is 3.00. The first-order valence-electron chi connectivity index (χ1n) is 6.82. The van der Waals surface area contributed by atoms with Gasteiger partial charge >= 0.3 is 0 Å². The molecule has 0 aliphatic rings. The summed E-state index contributed by atoms with van der Waals surface area (Å²) >= 11 is 23.1. The van der Waals surface area contributed by atoms with Crippen molar-refractivity contribution < 1.29 is 4.74 Å². The molecule has 1 rings (SSSR count). The van der Waals surface area contributed by atoms with Crippen LogP contribution in [0.25, 0.3) is 0 Å². The van der Waals surface area contributed by atoms with Gasteiger partial charge in [0.15, 0.2) is 11.3 Å². The lowest BCUT2D eigenvalue weighted by molar-refractivity contribution is 0.397. The number of aryl methyl sites for hydroxylation is 1. The topological polar surface area (TPSA) is 57.7 Å². The zero-order valence-electron chi connectivity index (χ0n) is 13.0. The summed E-state index contributed by atoms with van der Waals surface area (Å²) in [5, 5.41) is 3.09. The van der Waals surface area contributed by atoms with E-state index in [2.05, 4.69) is 21.2 Å². The molecule has 128 valence electrons. The van der Waals surface area contributed by atoms with Crippen LogP contribution in [-0.2, 0) is 4.74 Å². The fourth-order valence-corrected chi connectivity index (χ4v) is 2.07. The molecule has 1 atom stereocenters. The second kappa shape index (κ2) is 9.49. The summed E-state index contributed by atoms with van der Waals surface area (Å²) in [5.74, 6) is 0.333. The molecule has 0 spiro atoms. The molecule has 1 aromatic rings. The van der Waals surface area contributed by atoms with E-state index < -0.39 is 9.96 Å². The summed E-state index contributed by atoms with van der Waals surface area (Å²) in [4.78, 5) is 4.35. The van der Waals surface area contributed by atoms with Crippen molar-refractivity contribution in [2.45, 2.75) is 23.8 Å². The molecule has 0 saturated carbocycles. The van der Waals surface area contributed by atoms with Gasteiger partial charge in [-0.1, -0.05) is 59.4 Å². The number of aliphatic imine (C=N–C) groups is 1. The molecule has 0 aliphatic heterocycles. The number of hydrogen-bond acceptors (Lipinski definition) is 4.